The fourth-order valence-electron chi connectivity index (χ4n) is 1.24. The van der Waals surface area contributed by atoms with Gasteiger partial charge in [0.15, 0.2) is 0 Å². The molecule has 1 heteroatoms. The van der Waals surface area contributed by atoms with Gasteiger partial charge < -0.3 is 0 Å². The van der Waals surface area contributed by atoms with Crippen molar-refractivity contribution in [3.63, 3.8) is 0 Å². The van der Waals surface area contributed by atoms with Gasteiger partial charge in [0, 0.05) is 5.25 Å². The van der Waals surface area contributed by atoms with Crippen LogP contribution >= 0.6 is 12.6 Å². The number of hydrogen-bond acceptors (Lipinski definition) is 0. The van der Waals surface area contributed by atoms with Crippen LogP contribution in [0, 0.1) is 5.92 Å². The lowest BCUT2D eigenvalue weighted by atomic mass is 9.96. The maximum atomic E-state index is 5.21. The molecule has 0 fully saturated rings. The summed E-state index contributed by atoms with van der Waals surface area (Å²) in [6, 6.07) is 0. The summed E-state index contributed by atoms with van der Waals surface area (Å²) < 4.78 is 0. The van der Waals surface area contributed by atoms with Gasteiger partial charge in [-0.3, -0.25) is 0 Å². The first-order valence-corrected chi connectivity index (χ1v) is 4.85. The number of hydrogen-bond donors (Lipinski definition) is 0. The Hall–Kier alpha value is 0.350. The standard InChI is InChI=1S/C9H19S/c1-4-6-7-9(5-2)8(3)10/h8-9H,4-7H2,1-3H3. The number of rotatable bonds is 5. The van der Waals surface area contributed by atoms with E-state index in [1.807, 2.05) is 0 Å². The van der Waals surface area contributed by atoms with Gasteiger partial charge in [0.25, 0.3) is 0 Å². The molecule has 0 aromatic carbocycles. The summed E-state index contributed by atoms with van der Waals surface area (Å²) in [5.74, 6) is 0.787. The van der Waals surface area contributed by atoms with Gasteiger partial charge >= 0.3 is 0 Å². The minimum absolute atomic E-state index is 0.469. The Morgan fingerprint density at radius 1 is 1.30 bits per heavy atom. The summed E-state index contributed by atoms with van der Waals surface area (Å²) in [5.41, 5.74) is 0. The van der Waals surface area contributed by atoms with Gasteiger partial charge in [0.2, 0.25) is 0 Å². The van der Waals surface area contributed by atoms with Crippen molar-refractivity contribution in [1.29, 1.82) is 0 Å². The monoisotopic (exact) mass is 159 g/mol. The summed E-state index contributed by atoms with van der Waals surface area (Å²) in [6.45, 7) is 6.63. The molecule has 0 saturated heterocycles. The topological polar surface area (TPSA) is 0 Å². The largest absolute Gasteiger partial charge is 0.0904 e. The third-order valence-corrected chi connectivity index (χ3v) is 2.50. The second-order valence-corrected chi connectivity index (χ2v) is 3.76. The molecule has 0 rings (SSSR count). The van der Waals surface area contributed by atoms with Crippen LogP contribution in [0.15, 0.2) is 0 Å². The Morgan fingerprint density at radius 2 is 1.90 bits per heavy atom. The van der Waals surface area contributed by atoms with Crippen LogP contribution < -0.4 is 0 Å². The van der Waals surface area contributed by atoms with Crippen LogP contribution in [0.4, 0.5) is 0 Å². The predicted molar refractivity (Wildman–Crippen MR) is 50.4 cm³/mol. The van der Waals surface area contributed by atoms with E-state index in [4.69, 9.17) is 12.6 Å². The molecule has 0 amide bonds. The summed E-state index contributed by atoms with van der Waals surface area (Å²) in [5, 5.41) is 0.469. The highest BCUT2D eigenvalue weighted by Gasteiger charge is 2.10. The number of unbranched alkanes of at least 4 members (excludes halogenated alkanes) is 1. The van der Waals surface area contributed by atoms with Crippen molar-refractivity contribution in [2.24, 2.45) is 5.92 Å². The molecule has 0 nitrogen and oxygen atoms in total. The zero-order valence-corrected chi connectivity index (χ0v) is 8.21. The third-order valence-electron chi connectivity index (χ3n) is 2.12. The van der Waals surface area contributed by atoms with Crippen LogP contribution in [-0.4, -0.2) is 5.25 Å². The van der Waals surface area contributed by atoms with Gasteiger partial charge in [-0.1, -0.05) is 52.7 Å². The van der Waals surface area contributed by atoms with Crippen molar-refractivity contribution in [2.45, 2.75) is 51.7 Å². The highest BCUT2D eigenvalue weighted by molar-refractivity contribution is 7.80. The van der Waals surface area contributed by atoms with Gasteiger partial charge in [-0.2, -0.15) is 0 Å². The van der Waals surface area contributed by atoms with Crippen LogP contribution in [0.1, 0.15) is 46.5 Å². The summed E-state index contributed by atoms with van der Waals surface area (Å²) >= 11 is 5.21. The molecule has 61 valence electrons. The lowest BCUT2D eigenvalue weighted by Gasteiger charge is -2.16. The average molecular weight is 159 g/mol. The lowest BCUT2D eigenvalue weighted by molar-refractivity contribution is 0.450. The highest BCUT2D eigenvalue weighted by Crippen LogP contribution is 2.19. The lowest BCUT2D eigenvalue weighted by Crippen LogP contribution is -2.09. The Bertz CT molecular complexity index is 69.1. The van der Waals surface area contributed by atoms with E-state index in [1.54, 1.807) is 0 Å². The van der Waals surface area contributed by atoms with Crippen LogP contribution in [0.3, 0.4) is 0 Å². The van der Waals surface area contributed by atoms with E-state index in [1.165, 1.54) is 25.7 Å². The first-order valence-electron chi connectivity index (χ1n) is 4.38. The summed E-state index contributed by atoms with van der Waals surface area (Å²) in [6.07, 6.45) is 5.24. The zero-order valence-electron chi connectivity index (χ0n) is 7.39. The average Bonchev–Trinajstić information content (AvgIpc) is 1.89. The molecule has 1 radical (unpaired) electrons. The molecule has 0 aromatic rings. The first kappa shape index (κ1) is 10.3. The second kappa shape index (κ2) is 6.09. The molecular formula is C9H19S. The first-order chi connectivity index (χ1) is 4.72. The van der Waals surface area contributed by atoms with E-state index < -0.39 is 0 Å². The maximum absolute atomic E-state index is 5.21. The van der Waals surface area contributed by atoms with Crippen molar-refractivity contribution in [1.82, 2.24) is 0 Å². The Balaban J connectivity index is 3.40. The van der Waals surface area contributed by atoms with Crippen LogP contribution in [0.5, 0.6) is 0 Å². The van der Waals surface area contributed by atoms with E-state index in [2.05, 4.69) is 20.8 Å². The minimum Gasteiger partial charge on any atom is -0.0904 e. The fourth-order valence-corrected chi connectivity index (χ4v) is 1.57. The van der Waals surface area contributed by atoms with E-state index in [0.717, 1.165) is 5.92 Å². The summed E-state index contributed by atoms with van der Waals surface area (Å²) in [7, 11) is 0. The third kappa shape index (κ3) is 4.21. The van der Waals surface area contributed by atoms with E-state index in [9.17, 15) is 0 Å². The molecule has 0 N–H and O–H groups in total. The molecule has 0 saturated carbocycles. The van der Waals surface area contributed by atoms with Gasteiger partial charge in [0.05, 0.1) is 0 Å². The molecule has 10 heavy (non-hydrogen) atoms. The van der Waals surface area contributed by atoms with Gasteiger partial charge in [0.1, 0.15) is 0 Å². The Morgan fingerprint density at radius 3 is 2.20 bits per heavy atom. The predicted octanol–water partition coefficient (Wildman–Crippen LogP) is 3.79. The highest BCUT2D eigenvalue weighted by atomic mass is 32.1. The van der Waals surface area contributed by atoms with Crippen molar-refractivity contribution in [3.8, 4) is 0 Å². The van der Waals surface area contributed by atoms with Crippen molar-refractivity contribution >= 4 is 12.6 Å². The molecule has 0 spiro atoms. The zero-order chi connectivity index (χ0) is 7.98. The molecule has 2 atom stereocenters. The Labute approximate surface area is 70.8 Å². The molecule has 0 aliphatic carbocycles. The van der Waals surface area contributed by atoms with E-state index >= 15 is 0 Å². The molecule has 0 aliphatic heterocycles. The van der Waals surface area contributed by atoms with E-state index in [0.29, 0.717) is 5.25 Å². The van der Waals surface area contributed by atoms with Crippen LogP contribution in [0.25, 0.3) is 0 Å². The molecule has 0 aromatic heterocycles. The molecule has 0 heterocycles. The second-order valence-electron chi connectivity index (χ2n) is 3.02. The SMILES string of the molecule is CCCCC(CC)C(C)[S]. The van der Waals surface area contributed by atoms with Crippen LogP contribution in [0.2, 0.25) is 0 Å². The van der Waals surface area contributed by atoms with Crippen molar-refractivity contribution < 1.29 is 0 Å². The van der Waals surface area contributed by atoms with E-state index in [-0.39, 0.29) is 0 Å². The summed E-state index contributed by atoms with van der Waals surface area (Å²) in [4.78, 5) is 0. The van der Waals surface area contributed by atoms with Crippen LogP contribution in [-0.2, 0) is 0 Å². The van der Waals surface area contributed by atoms with Crippen molar-refractivity contribution in [2.75, 3.05) is 0 Å². The molecule has 0 bridgehead atoms. The fraction of sp³-hybridized carbons (Fsp3) is 1.00. The Kier molecular flexibility index (Phi) is 6.30. The maximum Gasteiger partial charge on any atom is 0.0151 e. The van der Waals surface area contributed by atoms with Gasteiger partial charge in [-0.25, -0.2) is 0 Å². The minimum atomic E-state index is 0.469. The molecule has 0 aliphatic rings. The molecular weight excluding hydrogens is 140 g/mol. The molecule has 2 unspecified atom stereocenters. The van der Waals surface area contributed by atoms with Gasteiger partial charge in [-0.05, 0) is 12.3 Å². The smallest absolute Gasteiger partial charge is 0.0151 e. The van der Waals surface area contributed by atoms with Crippen molar-refractivity contribution in [3.05, 3.63) is 0 Å². The normalized spacial score (nSPS) is 16.8. The van der Waals surface area contributed by atoms with Gasteiger partial charge in [-0.15, -0.1) is 0 Å². The quantitative estimate of drug-likeness (QED) is 0.572.